The predicted octanol–water partition coefficient (Wildman–Crippen LogP) is 3.90. The van der Waals surface area contributed by atoms with Crippen LogP contribution in [0.2, 0.25) is 5.02 Å². The van der Waals surface area contributed by atoms with E-state index in [2.05, 4.69) is 15.4 Å². The van der Waals surface area contributed by atoms with E-state index in [1.165, 1.54) is 12.1 Å². The topological polar surface area (TPSA) is 62.7 Å². The van der Waals surface area contributed by atoms with Gasteiger partial charge in [-0.25, -0.2) is 9.48 Å². The predicted molar refractivity (Wildman–Crippen MR) is 92.2 cm³/mol. The van der Waals surface area contributed by atoms with Crippen molar-refractivity contribution in [2.45, 2.75) is 19.3 Å². The van der Waals surface area contributed by atoms with Crippen molar-refractivity contribution in [3.8, 4) is 0 Å². The second-order valence-corrected chi connectivity index (χ2v) is 6.03. The molecule has 1 heterocycles. The molecular weight excluding hydrogens is 369 g/mol. The van der Waals surface area contributed by atoms with Crippen LogP contribution in [-0.4, -0.2) is 14.8 Å². The number of nitrogens with zero attached hydrogens (tertiary/aromatic N) is 2. The molecule has 0 atom stereocenters. The first-order valence-electron chi connectivity index (χ1n) is 7.63. The molecule has 26 heavy (non-hydrogen) atoms. The van der Waals surface area contributed by atoms with Gasteiger partial charge < -0.3 is 5.32 Å². The second kappa shape index (κ2) is 7.25. The summed E-state index contributed by atoms with van der Waals surface area (Å²) in [5.41, 5.74) is -0.166. The molecule has 1 aromatic heterocycles. The second-order valence-electron chi connectivity index (χ2n) is 5.60. The van der Waals surface area contributed by atoms with Crippen LogP contribution in [0.3, 0.4) is 0 Å². The van der Waals surface area contributed by atoms with Gasteiger partial charge in [-0.1, -0.05) is 29.8 Å². The summed E-state index contributed by atoms with van der Waals surface area (Å²) in [6.07, 6.45) is -4.43. The number of aromatic amines is 1. The van der Waals surface area contributed by atoms with Gasteiger partial charge in [0, 0.05) is 10.7 Å². The van der Waals surface area contributed by atoms with E-state index in [1.807, 2.05) is 6.07 Å². The number of hydrogen-bond acceptors (Lipinski definition) is 3. The average molecular weight is 383 g/mol. The first kappa shape index (κ1) is 18.1. The number of nitrogens with one attached hydrogen (secondary N) is 2. The first-order chi connectivity index (χ1) is 12.3. The Morgan fingerprint density at radius 1 is 1.15 bits per heavy atom. The number of rotatable bonds is 5. The van der Waals surface area contributed by atoms with Gasteiger partial charge in [-0.2, -0.15) is 18.3 Å². The summed E-state index contributed by atoms with van der Waals surface area (Å²) in [7, 11) is 0. The summed E-state index contributed by atoms with van der Waals surface area (Å²) >= 11 is 5.89. The Bertz CT molecular complexity index is 965. The van der Waals surface area contributed by atoms with Crippen LogP contribution in [-0.2, 0) is 19.3 Å². The lowest BCUT2D eigenvalue weighted by Crippen LogP contribution is -2.19. The van der Waals surface area contributed by atoms with E-state index in [1.54, 1.807) is 18.2 Å². The molecule has 0 aliphatic rings. The van der Waals surface area contributed by atoms with E-state index in [-0.39, 0.29) is 13.1 Å². The highest BCUT2D eigenvalue weighted by Crippen LogP contribution is 2.29. The molecule has 9 heteroatoms. The van der Waals surface area contributed by atoms with Crippen molar-refractivity contribution in [1.82, 2.24) is 14.8 Å². The Hall–Kier alpha value is -2.74. The van der Waals surface area contributed by atoms with E-state index in [4.69, 9.17) is 11.6 Å². The number of anilines is 1. The van der Waals surface area contributed by atoms with Gasteiger partial charge in [-0.05, 0) is 35.9 Å². The molecule has 136 valence electrons. The van der Waals surface area contributed by atoms with Gasteiger partial charge in [0.15, 0.2) is 0 Å². The van der Waals surface area contributed by atoms with Crippen molar-refractivity contribution in [2.75, 3.05) is 5.32 Å². The molecule has 0 spiro atoms. The van der Waals surface area contributed by atoms with E-state index in [0.717, 1.165) is 22.5 Å². The number of halogens is 4. The van der Waals surface area contributed by atoms with Gasteiger partial charge in [-0.3, -0.25) is 4.98 Å². The van der Waals surface area contributed by atoms with Gasteiger partial charge in [0.05, 0.1) is 18.7 Å². The lowest BCUT2D eigenvalue weighted by molar-refractivity contribution is -0.137. The maximum Gasteiger partial charge on any atom is 0.416 e. The molecule has 0 unspecified atom stereocenters. The number of hydrogen-bond donors (Lipinski definition) is 2. The molecule has 0 saturated heterocycles. The van der Waals surface area contributed by atoms with Crippen LogP contribution in [0.4, 0.5) is 18.9 Å². The average Bonchev–Trinajstić information content (AvgIpc) is 2.92. The third-order valence-corrected chi connectivity index (χ3v) is 3.83. The highest BCUT2D eigenvalue weighted by molar-refractivity contribution is 6.30. The van der Waals surface area contributed by atoms with Crippen LogP contribution in [0.15, 0.2) is 53.3 Å². The highest BCUT2D eigenvalue weighted by Gasteiger charge is 2.30. The number of H-pyrrole nitrogens is 1. The molecule has 3 aromatic rings. The van der Waals surface area contributed by atoms with Crippen LogP contribution in [0, 0.1) is 0 Å². The Labute approximate surface area is 151 Å². The minimum atomic E-state index is -4.43. The zero-order valence-corrected chi connectivity index (χ0v) is 14.1. The minimum absolute atomic E-state index is 0.0591. The highest BCUT2D eigenvalue weighted by atomic mass is 35.5. The van der Waals surface area contributed by atoms with Gasteiger partial charge in [0.2, 0.25) is 0 Å². The van der Waals surface area contributed by atoms with E-state index >= 15 is 0 Å². The zero-order valence-electron chi connectivity index (χ0n) is 13.3. The fraction of sp³-hybridized carbons (Fsp3) is 0.176. The zero-order chi connectivity index (χ0) is 18.7. The van der Waals surface area contributed by atoms with Crippen molar-refractivity contribution in [1.29, 1.82) is 0 Å². The smallest absolute Gasteiger partial charge is 0.378 e. The number of aromatic nitrogens is 3. The van der Waals surface area contributed by atoms with Crippen molar-refractivity contribution in [3.63, 3.8) is 0 Å². The molecule has 0 bridgehead atoms. The normalized spacial score (nSPS) is 11.5. The van der Waals surface area contributed by atoms with E-state index in [9.17, 15) is 18.0 Å². The summed E-state index contributed by atoms with van der Waals surface area (Å²) in [6.45, 7) is 0.182. The molecule has 5 nitrogen and oxygen atoms in total. The fourth-order valence-corrected chi connectivity index (χ4v) is 2.58. The third kappa shape index (κ3) is 4.45. The number of alkyl halides is 3. The van der Waals surface area contributed by atoms with Crippen molar-refractivity contribution in [3.05, 3.63) is 81.0 Å². The van der Waals surface area contributed by atoms with Crippen LogP contribution in [0.1, 0.15) is 17.0 Å². The van der Waals surface area contributed by atoms with Crippen molar-refractivity contribution < 1.29 is 13.2 Å². The molecule has 3 rings (SSSR count). The fourth-order valence-electron chi connectivity index (χ4n) is 2.39. The van der Waals surface area contributed by atoms with Gasteiger partial charge in [0.25, 0.3) is 0 Å². The monoisotopic (exact) mass is 382 g/mol. The van der Waals surface area contributed by atoms with Crippen molar-refractivity contribution >= 4 is 17.3 Å². The SMILES string of the molecule is O=c1[nH]c(CNc2cccc(Cl)c2)nn1Cc1cccc(C(F)(F)F)c1. The molecule has 0 fully saturated rings. The molecule has 0 amide bonds. The lowest BCUT2D eigenvalue weighted by Gasteiger charge is -2.08. The van der Waals surface area contributed by atoms with Crippen LogP contribution in [0.5, 0.6) is 0 Å². The molecule has 0 aliphatic carbocycles. The minimum Gasteiger partial charge on any atom is -0.378 e. The maximum absolute atomic E-state index is 12.8. The largest absolute Gasteiger partial charge is 0.416 e. The molecule has 0 radical (unpaired) electrons. The Kier molecular flexibility index (Phi) is 5.03. The summed E-state index contributed by atoms with van der Waals surface area (Å²) in [5.74, 6) is 0.363. The molecule has 0 saturated carbocycles. The molecule has 0 aliphatic heterocycles. The summed E-state index contributed by atoms with van der Waals surface area (Å²) in [4.78, 5) is 14.5. The maximum atomic E-state index is 12.8. The quantitative estimate of drug-likeness (QED) is 0.703. The Morgan fingerprint density at radius 3 is 2.65 bits per heavy atom. The van der Waals surface area contributed by atoms with Crippen molar-refractivity contribution in [2.24, 2.45) is 0 Å². The third-order valence-electron chi connectivity index (χ3n) is 3.60. The van der Waals surface area contributed by atoms with Gasteiger partial charge >= 0.3 is 11.9 Å². The standard InChI is InChI=1S/C17H14ClF3N4O/c18-13-5-2-6-14(8-13)22-9-15-23-16(26)25(24-15)10-11-3-1-4-12(7-11)17(19,20)21/h1-8,22H,9-10H2,(H,23,24,26). The molecule has 2 aromatic carbocycles. The Balaban J connectivity index is 1.71. The van der Waals surface area contributed by atoms with Crippen LogP contribution in [0.25, 0.3) is 0 Å². The van der Waals surface area contributed by atoms with Gasteiger partial charge in [-0.15, -0.1) is 0 Å². The summed E-state index contributed by atoms with van der Waals surface area (Å²) in [5, 5.41) is 7.73. The summed E-state index contributed by atoms with van der Waals surface area (Å²) < 4.78 is 39.4. The lowest BCUT2D eigenvalue weighted by atomic mass is 10.1. The van der Waals surface area contributed by atoms with Gasteiger partial charge in [0.1, 0.15) is 5.82 Å². The van der Waals surface area contributed by atoms with Crippen LogP contribution >= 0.6 is 11.6 Å². The van der Waals surface area contributed by atoms with E-state index < -0.39 is 17.4 Å². The van der Waals surface area contributed by atoms with Crippen LogP contribution < -0.4 is 11.0 Å². The molecule has 2 N–H and O–H groups in total. The molecular formula is C17H14ClF3N4O. The first-order valence-corrected chi connectivity index (χ1v) is 8.00. The van der Waals surface area contributed by atoms with E-state index in [0.29, 0.717) is 16.4 Å². The number of benzene rings is 2. The Morgan fingerprint density at radius 2 is 1.92 bits per heavy atom. The summed E-state index contributed by atoms with van der Waals surface area (Å²) in [6, 6.07) is 11.8.